The quantitative estimate of drug-likeness (QED) is 0.173. The molecular weight excluding hydrogens is 402 g/mol. The van der Waals surface area contributed by atoms with Gasteiger partial charge in [-0.25, -0.2) is 9.76 Å². The van der Waals surface area contributed by atoms with E-state index in [0.29, 0.717) is 38.0 Å². The molecule has 156 valence electrons. The zero-order valence-electron chi connectivity index (χ0n) is 16.5. The molecular formula is C20H35Cl2N2O2P. The van der Waals surface area contributed by atoms with Crippen molar-refractivity contribution >= 4 is 30.9 Å². The number of halogens is 2. The lowest BCUT2D eigenvalue weighted by atomic mass is 10.1. The summed E-state index contributed by atoms with van der Waals surface area (Å²) in [4.78, 5) is 0. The molecule has 0 saturated heterocycles. The molecule has 0 fully saturated rings. The molecule has 0 radical (unpaired) electrons. The molecule has 1 N–H and O–H groups in total. The topological polar surface area (TPSA) is 41.6 Å². The van der Waals surface area contributed by atoms with Crippen LogP contribution >= 0.6 is 30.9 Å². The normalized spacial score (nSPS) is 13.8. The summed E-state index contributed by atoms with van der Waals surface area (Å²) in [5.74, 6) is 0.767. The summed E-state index contributed by atoms with van der Waals surface area (Å²) in [7, 11) is -3.18. The number of unbranched alkanes of at least 4 members (excludes halogenated alkanes) is 6. The fraction of sp³-hybridized carbons (Fsp3) is 0.700. The first-order valence-electron chi connectivity index (χ1n) is 10.1. The van der Waals surface area contributed by atoms with Crippen LogP contribution in [0.3, 0.4) is 0 Å². The van der Waals surface area contributed by atoms with Crippen LogP contribution in [0.4, 0.5) is 0 Å². The minimum Gasteiger partial charge on any atom is -0.301 e. The van der Waals surface area contributed by atoms with Gasteiger partial charge in [-0.05, 0) is 12.0 Å². The summed E-state index contributed by atoms with van der Waals surface area (Å²) in [6.45, 7) is 4.14. The highest BCUT2D eigenvalue weighted by Crippen LogP contribution is 2.47. The van der Waals surface area contributed by atoms with E-state index in [9.17, 15) is 4.57 Å². The molecule has 1 aromatic rings. The fourth-order valence-corrected chi connectivity index (χ4v) is 5.43. The number of benzene rings is 1. The average Bonchev–Trinajstić information content (AvgIpc) is 2.69. The first-order valence-corrected chi connectivity index (χ1v) is 12.7. The van der Waals surface area contributed by atoms with Crippen molar-refractivity contribution in [1.29, 1.82) is 0 Å². The van der Waals surface area contributed by atoms with Gasteiger partial charge in [0.1, 0.15) is 0 Å². The third-order valence-corrected chi connectivity index (χ3v) is 6.98. The van der Waals surface area contributed by atoms with E-state index in [1.165, 1.54) is 32.1 Å². The molecule has 1 rings (SSSR count). The molecule has 0 aliphatic carbocycles. The molecule has 0 heterocycles. The van der Waals surface area contributed by atoms with E-state index in [-0.39, 0.29) is 0 Å². The van der Waals surface area contributed by atoms with Crippen LogP contribution in [-0.4, -0.2) is 36.1 Å². The zero-order valence-corrected chi connectivity index (χ0v) is 19.0. The van der Waals surface area contributed by atoms with Gasteiger partial charge in [0.15, 0.2) is 0 Å². The molecule has 0 amide bonds. The predicted molar refractivity (Wildman–Crippen MR) is 118 cm³/mol. The first-order chi connectivity index (χ1) is 13.2. The summed E-state index contributed by atoms with van der Waals surface area (Å²) in [6, 6.07) is 9.78. The molecule has 0 bridgehead atoms. The van der Waals surface area contributed by atoms with Gasteiger partial charge < -0.3 is 4.52 Å². The second kappa shape index (κ2) is 15.8. The lowest BCUT2D eigenvalue weighted by Gasteiger charge is -2.30. The van der Waals surface area contributed by atoms with Gasteiger partial charge in [0.25, 0.3) is 0 Å². The van der Waals surface area contributed by atoms with Crippen LogP contribution in [0.2, 0.25) is 0 Å². The van der Waals surface area contributed by atoms with Crippen LogP contribution < -0.4 is 5.09 Å². The van der Waals surface area contributed by atoms with Crippen molar-refractivity contribution < 1.29 is 9.09 Å². The van der Waals surface area contributed by atoms with E-state index in [2.05, 4.69) is 12.0 Å². The summed E-state index contributed by atoms with van der Waals surface area (Å²) in [6.07, 6.45) is 8.51. The third kappa shape index (κ3) is 10.9. The van der Waals surface area contributed by atoms with Crippen molar-refractivity contribution in [1.82, 2.24) is 9.76 Å². The van der Waals surface area contributed by atoms with E-state index in [0.717, 1.165) is 18.4 Å². The molecule has 4 nitrogen and oxygen atoms in total. The summed E-state index contributed by atoms with van der Waals surface area (Å²) < 4.78 is 21.2. The minimum absolute atomic E-state index is 0.295. The third-order valence-electron chi connectivity index (χ3n) is 4.40. The lowest BCUT2D eigenvalue weighted by molar-refractivity contribution is 0.247. The van der Waals surface area contributed by atoms with Crippen molar-refractivity contribution in [2.75, 3.05) is 31.4 Å². The molecule has 0 aliphatic heterocycles. The second-order valence-corrected chi connectivity index (χ2v) is 9.58. The van der Waals surface area contributed by atoms with Gasteiger partial charge >= 0.3 is 7.67 Å². The molecule has 7 heteroatoms. The highest BCUT2D eigenvalue weighted by atomic mass is 35.5. The fourth-order valence-electron chi connectivity index (χ4n) is 2.84. The molecule has 27 heavy (non-hydrogen) atoms. The Balaban J connectivity index is 2.54. The molecule has 0 aliphatic rings. The van der Waals surface area contributed by atoms with Gasteiger partial charge in [0.2, 0.25) is 0 Å². The Labute approximate surface area is 175 Å². The van der Waals surface area contributed by atoms with Gasteiger partial charge in [-0.15, -0.1) is 23.2 Å². The van der Waals surface area contributed by atoms with E-state index in [4.69, 9.17) is 27.7 Å². The average molecular weight is 437 g/mol. The predicted octanol–water partition coefficient (Wildman–Crippen LogP) is 6.43. The van der Waals surface area contributed by atoms with E-state index in [1.807, 2.05) is 30.3 Å². The van der Waals surface area contributed by atoms with Crippen LogP contribution in [0.25, 0.3) is 0 Å². The van der Waals surface area contributed by atoms with Crippen LogP contribution in [-0.2, 0) is 15.7 Å². The Hall–Kier alpha value is -0.0900. The Morgan fingerprint density at radius 3 is 2.15 bits per heavy atom. The van der Waals surface area contributed by atoms with E-state index >= 15 is 0 Å². The Bertz CT molecular complexity index is 514. The van der Waals surface area contributed by atoms with Crippen LogP contribution in [0.15, 0.2) is 30.3 Å². The molecule has 1 aromatic carbocycles. The Kier molecular flexibility index (Phi) is 14.6. The molecule has 1 atom stereocenters. The van der Waals surface area contributed by atoms with Gasteiger partial charge in [-0.3, -0.25) is 4.57 Å². The first kappa shape index (κ1) is 24.9. The second-order valence-electron chi connectivity index (χ2n) is 6.64. The van der Waals surface area contributed by atoms with Crippen LogP contribution in [0.1, 0.15) is 57.4 Å². The lowest BCUT2D eigenvalue weighted by Crippen LogP contribution is -2.33. The summed E-state index contributed by atoms with van der Waals surface area (Å²) in [5, 5.41) is 3.18. The smallest absolute Gasteiger partial charge is 0.301 e. The van der Waals surface area contributed by atoms with Crippen molar-refractivity contribution in [3.8, 4) is 0 Å². The number of hydrogen-bond donors (Lipinski definition) is 1. The van der Waals surface area contributed by atoms with Gasteiger partial charge in [0.05, 0.1) is 6.61 Å². The van der Waals surface area contributed by atoms with E-state index in [1.54, 1.807) is 4.67 Å². The van der Waals surface area contributed by atoms with Gasteiger partial charge in [-0.2, -0.15) is 0 Å². The van der Waals surface area contributed by atoms with Gasteiger partial charge in [0, 0.05) is 31.4 Å². The molecule has 0 spiro atoms. The monoisotopic (exact) mass is 436 g/mol. The van der Waals surface area contributed by atoms with E-state index < -0.39 is 7.67 Å². The Morgan fingerprint density at radius 1 is 0.963 bits per heavy atom. The SMILES string of the molecule is CCCCCCCCCN[P@@](=O)(OCc1ccccc1)N(CCCl)CCCl. The number of rotatable bonds is 17. The highest BCUT2D eigenvalue weighted by molar-refractivity contribution is 7.54. The zero-order chi connectivity index (χ0) is 19.8. The van der Waals surface area contributed by atoms with Crippen molar-refractivity contribution in [3.05, 3.63) is 35.9 Å². The highest BCUT2D eigenvalue weighted by Gasteiger charge is 2.30. The van der Waals surface area contributed by atoms with Gasteiger partial charge in [-0.1, -0.05) is 75.8 Å². The maximum absolute atomic E-state index is 13.5. The standard InChI is InChI=1S/C20H35Cl2N2O2P/c1-2-3-4-5-6-7-11-16-23-27(25,24(17-14-21)18-15-22)26-19-20-12-9-8-10-13-20/h8-10,12-13H,2-7,11,14-19H2,1H3,(H,23,25)/t27-/m1/s1. The molecule has 0 aromatic heterocycles. The summed E-state index contributed by atoms with van der Waals surface area (Å²) >= 11 is 11.8. The van der Waals surface area contributed by atoms with Crippen molar-refractivity contribution in [3.63, 3.8) is 0 Å². The number of alkyl halides is 2. The number of nitrogens with one attached hydrogen (secondary N) is 1. The van der Waals surface area contributed by atoms with Crippen molar-refractivity contribution in [2.24, 2.45) is 0 Å². The minimum atomic E-state index is -3.18. The summed E-state index contributed by atoms with van der Waals surface area (Å²) in [5.41, 5.74) is 0.993. The van der Waals surface area contributed by atoms with Crippen LogP contribution in [0, 0.1) is 0 Å². The maximum atomic E-state index is 13.5. The molecule has 0 unspecified atom stereocenters. The molecule has 0 saturated carbocycles. The number of hydrogen-bond acceptors (Lipinski definition) is 2. The Morgan fingerprint density at radius 2 is 1.56 bits per heavy atom. The maximum Gasteiger partial charge on any atom is 0.343 e. The largest absolute Gasteiger partial charge is 0.343 e. The van der Waals surface area contributed by atoms with Crippen LogP contribution in [0.5, 0.6) is 0 Å². The van der Waals surface area contributed by atoms with Crippen molar-refractivity contribution in [2.45, 2.75) is 58.5 Å². The number of nitrogens with zero attached hydrogens (tertiary/aromatic N) is 1.